The number of ketones is 1. The minimum absolute atomic E-state index is 0.0173. The number of aliphatic hydroxyl groups is 1. The first-order chi connectivity index (χ1) is 29.5. The lowest BCUT2D eigenvalue weighted by atomic mass is 9.93. The molecule has 7 amide bonds. The van der Waals surface area contributed by atoms with E-state index in [1.807, 2.05) is 0 Å². The van der Waals surface area contributed by atoms with Crippen molar-refractivity contribution in [3.8, 4) is 0 Å². The van der Waals surface area contributed by atoms with E-state index >= 15 is 0 Å². The summed E-state index contributed by atoms with van der Waals surface area (Å²) in [5.74, 6) is -6.32. The number of nitrogens with zero attached hydrogens (tertiary/aromatic N) is 1. The van der Waals surface area contributed by atoms with Gasteiger partial charge in [0, 0.05) is 37.7 Å². The highest BCUT2D eigenvalue weighted by atomic mass is 16.3. The van der Waals surface area contributed by atoms with Crippen molar-refractivity contribution in [2.24, 2.45) is 34.6 Å². The summed E-state index contributed by atoms with van der Waals surface area (Å²) in [6, 6.07) is 4.67. The predicted molar refractivity (Wildman–Crippen MR) is 229 cm³/mol. The van der Waals surface area contributed by atoms with E-state index in [2.05, 4.69) is 36.9 Å². The largest absolute Gasteiger partial charge is 0.391 e. The first kappa shape index (κ1) is 52.3. The number of rotatable bonds is 29. The molecule has 1 unspecified atom stereocenters. The smallest absolute Gasteiger partial charge is 0.245 e. The van der Waals surface area contributed by atoms with Gasteiger partial charge in [0.15, 0.2) is 0 Å². The first-order valence-corrected chi connectivity index (χ1v) is 20.6. The van der Waals surface area contributed by atoms with Crippen molar-refractivity contribution in [2.75, 3.05) is 26.2 Å². The fourth-order valence-corrected chi connectivity index (χ4v) is 6.25. The molecule has 0 saturated heterocycles. The molecule has 1 aromatic carbocycles. The maximum Gasteiger partial charge on any atom is 0.245 e. The number of carbonyl (C=O) groups excluding carboxylic acids is 8. The number of hydrogen-bond donors (Lipinski definition) is 12. The topological polar surface area (TPSA) is 372 Å². The standard InChI is InChI=1S/C41H64N12O9/c1-24(54)8-9-28(22-27-13-19-47-20-14-27)36(57)49-32(39(60)51-30(11-17-43)38(59)52-33(35(46)56)23-26-6-4-3-5-7-26)15-21-48-41(62)34(25(2)55)53-40(61)31(12-18-44)50-37(58)29(45)10-16-42/h3-7,13-14,19-20,25,28-34,55H,8-12,15-18,21-23,42-45H2,1-2H3,(H2,46,56)(H,48,62)(H,49,57)(H,50,58)(H,51,60)(H,52,59)(H,53,61)/t25-,28+,29+,30+,31+,32?,33-,34+/m1/s1. The minimum atomic E-state index is -1.54. The van der Waals surface area contributed by atoms with Crippen molar-refractivity contribution in [3.05, 3.63) is 66.0 Å². The minimum Gasteiger partial charge on any atom is -0.391 e. The van der Waals surface area contributed by atoms with Gasteiger partial charge in [-0.1, -0.05) is 30.3 Å². The van der Waals surface area contributed by atoms with Gasteiger partial charge < -0.3 is 70.5 Å². The molecule has 21 heteroatoms. The van der Waals surface area contributed by atoms with Crippen LogP contribution in [0.1, 0.15) is 63.5 Å². The lowest BCUT2D eigenvalue weighted by Crippen LogP contribution is -2.59. The van der Waals surface area contributed by atoms with Crippen molar-refractivity contribution in [1.29, 1.82) is 0 Å². The van der Waals surface area contributed by atoms with Gasteiger partial charge in [0.1, 0.15) is 36.0 Å². The number of primary amides is 1. The summed E-state index contributed by atoms with van der Waals surface area (Å²) >= 11 is 0. The van der Waals surface area contributed by atoms with E-state index in [-0.39, 0.29) is 83.3 Å². The van der Waals surface area contributed by atoms with Crippen LogP contribution in [-0.4, -0.2) is 126 Å². The molecule has 0 spiro atoms. The van der Waals surface area contributed by atoms with Crippen LogP contribution < -0.4 is 60.6 Å². The van der Waals surface area contributed by atoms with Crippen LogP contribution in [-0.2, 0) is 51.2 Å². The van der Waals surface area contributed by atoms with Crippen LogP contribution >= 0.6 is 0 Å². The highest BCUT2D eigenvalue weighted by Crippen LogP contribution is 2.16. The number of aromatic nitrogens is 1. The van der Waals surface area contributed by atoms with Gasteiger partial charge in [-0.25, -0.2) is 0 Å². The summed E-state index contributed by atoms with van der Waals surface area (Å²) in [5.41, 5.74) is 29.8. The van der Waals surface area contributed by atoms with Crippen LogP contribution in [0.3, 0.4) is 0 Å². The van der Waals surface area contributed by atoms with Gasteiger partial charge in [0.25, 0.3) is 0 Å². The number of Topliss-reactive ketones (excluding diaryl/α,β-unsaturated/α-hetero) is 1. The highest BCUT2D eigenvalue weighted by Gasteiger charge is 2.33. The van der Waals surface area contributed by atoms with Crippen LogP contribution in [0.25, 0.3) is 0 Å². The Bertz CT molecular complexity index is 1770. The van der Waals surface area contributed by atoms with Gasteiger partial charge in [-0.05, 0) is 95.3 Å². The molecule has 62 heavy (non-hydrogen) atoms. The Hall–Kier alpha value is -5.87. The molecular weight excluding hydrogens is 805 g/mol. The molecule has 2 aromatic rings. The molecule has 0 aliphatic carbocycles. The second-order valence-electron chi connectivity index (χ2n) is 15.0. The Morgan fingerprint density at radius 1 is 0.613 bits per heavy atom. The van der Waals surface area contributed by atoms with E-state index < -0.39 is 89.6 Å². The number of pyridine rings is 1. The van der Waals surface area contributed by atoms with E-state index in [9.17, 15) is 43.5 Å². The second-order valence-corrected chi connectivity index (χ2v) is 15.0. The molecule has 0 aliphatic rings. The fourth-order valence-electron chi connectivity index (χ4n) is 6.25. The van der Waals surface area contributed by atoms with Gasteiger partial charge in [0.2, 0.25) is 41.4 Å². The monoisotopic (exact) mass is 868 g/mol. The van der Waals surface area contributed by atoms with E-state index in [0.717, 1.165) is 11.1 Å². The quantitative estimate of drug-likeness (QED) is 0.0371. The predicted octanol–water partition coefficient (Wildman–Crippen LogP) is -3.98. The average Bonchev–Trinajstić information content (AvgIpc) is 3.23. The lowest BCUT2D eigenvalue weighted by Gasteiger charge is -2.27. The van der Waals surface area contributed by atoms with E-state index in [1.165, 1.54) is 13.8 Å². The van der Waals surface area contributed by atoms with Crippen molar-refractivity contribution in [2.45, 2.75) is 108 Å². The van der Waals surface area contributed by atoms with Gasteiger partial charge in [-0.3, -0.25) is 38.5 Å². The molecule has 0 saturated carbocycles. The molecule has 342 valence electrons. The van der Waals surface area contributed by atoms with Crippen LogP contribution in [0.5, 0.6) is 0 Å². The molecule has 0 radical (unpaired) electrons. The summed E-state index contributed by atoms with van der Waals surface area (Å²) in [5, 5.41) is 25.8. The zero-order valence-electron chi connectivity index (χ0n) is 35.3. The molecule has 21 nitrogen and oxygen atoms in total. The molecule has 2 rings (SSSR count). The molecule has 17 N–H and O–H groups in total. The van der Waals surface area contributed by atoms with Crippen molar-refractivity contribution >= 4 is 47.1 Å². The third-order valence-electron chi connectivity index (χ3n) is 9.81. The van der Waals surface area contributed by atoms with E-state index in [1.54, 1.807) is 54.9 Å². The van der Waals surface area contributed by atoms with Crippen molar-refractivity contribution < 1.29 is 43.5 Å². The molecule has 1 heterocycles. The number of nitrogens with two attached hydrogens (primary N) is 5. The summed E-state index contributed by atoms with van der Waals surface area (Å²) in [6.45, 7) is 2.39. The van der Waals surface area contributed by atoms with E-state index in [4.69, 9.17) is 28.7 Å². The van der Waals surface area contributed by atoms with Gasteiger partial charge in [-0.2, -0.15) is 0 Å². The number of nitrogens with one attached hydrogen (secondary N) is 6. The van der Waals surface area contributed by atoms with Gasteiger partial charge in [0.05, 0.1) is 12.1 Å². The normalized spacial score (nSPS) is 14.9. The Morgan fingerprint density at radius 2 is 1.11 bits per heavy atom. The lowest BCUT2D eigenvalue weighted by molar-refractivity contribution is -0.135. The van der Waals surface area contributed by atoms with Gasteiger partial charge in [-0.15, -0.1) is 0 Å². The van der Waals surface area contributed by atoms with Crippen LogP contribution in [0, 0.1) is 5.92 Å². The third kappa shape index (κ3) is 18.8. The van der Waals surface area contributed by atoms with E-state index in [0.29, 0.717) is 0 Å². The van der Waals surface area contributed by atoms with Gasteiger partial charge >= 0.3 is 0 Å². The average molecular weight is 869 g/mol. The number of amides is 7. The molecule has 1 aromatic heterocycles. The summed E-state index contributed by atoms with van der Waals surface area (Å²) in [4.78, 5) is 109. The molecule has 8 atom stereocenters. The molecular formula is C41H64N12O9. The molecule has 0 bridgehead atoms. The molecule has 0 fully saturated rings. The summed E-state index contributed by atoms with van der Waals surface area (Å²) in [7, 11) is 0. The number of aliphatic hydroxyl groups excluding tert-OH is 1. The maximum atomic E-state index is 14.0. The van der Waals surface area contributed by atoms with Crippen molar-refractivity contribution in [3.63, 3.8) is 0 Å². The zero-order valence-corrected chi connectivity index (χ0v) is 35.3. The van der Waals surface area contributed by atoms with Crippen LogP contribution in [0.15, 0.2) is 54.9 Å². The van der Waals surface area contributed by atoms with Crippen LogP contribution in [0.2, 0.25) is 0 Å². The Morgan fingerprint density at radius 3 is 1.65 bits per heavy atom. The second kappa shape index (κ2) is 27.9. The summed E-state index contributed by atoms with van der Waals surface area (Å²) < 4.78 is 0. The maximum absolute atomic E-state index is 14.0. The Balaban J connectivity index is 2.34. The SMILES string of the molecule is CC(=O)CC[C@@H](Cc1ccncc1)C(=O)NC(CCNC(=O)[C@@H](NC(=O)[C@H](CCN)NC(=O)[C@@H](N)CCN)[C@@H](C)O)C(=O)N[C@@H](CCN)C(=O)N[C@H](Cc1ccccc1)C(N)=O. The van der Waals surface area contributed by atoms with Crippen LogP contribution in [0.4, 0.5) is 0 Å². The van der Waals surface area contributed by atoms with Crippen molar-refractivity contribution in [1.82, 2.24) is 36.9 Å². The highest BCUT2D eigenvalue weighted by molar-refractivity contribution is 5.95. The number of hydrogen-bond acceptors (Lipinski definition) is 14. The zero-order chi connectivity index (χ0) is 46.2. The number of benzene rings is 1. The third-order valence-corrected chi connectivity index (χ3v) is 9.81. The fraction of sp³-hybridized carbons (Fsp3) is 0.537. The Kier molecular flexibility index (Phi) is 23.5. The molecule has 0 aliphatic heterocycles. The number of carbonyl (C=O) groups is 8. The Labute approximate surface area is 361 Å². The first-order valence-electron chi connectivity index (χ1n) is 20.6. The summed E-state index contributed by atoms with van der Waals surface area (Å²) in [6.07, 6.45) is 1.93.